The molecule has 1 N–H and O–H groups in total. The lowest BCUT2D eigenvalue weighted by atomic mass is 9.91. The minimum atomic E-state index is 0.307. The van der Waals surface area contributed by atoms with Crippen LogP contribution in [0.3, 0.4) is 0 Å². The summed E-state index contributed by atoms with van der Waals surface area (Å²) in [4.78, 5) is 11.3. The molecule has 1 atom stereocenters. The van der Waals surface area contributed by atoms with Gasteiger partial charge in [-0.05, 0) is 6.42 Å². The van der Waals surface area contributed by atoms with Crippen LogP contribution in [0, 0.1) is 0 Å². The summed E-state index contributed by atoms with van der Waals surface area (Å²) in [5.74, 6) is 0.318. The van der Waals surface area contributed by atoms with E-state index in [1.807, 2.05) is 12.2 Å². The minimum Gasteiger partial charge on any atom is -0.309 e. The number of allylic oxidation sites excluding steroid dienone is 2. The van der Waals surface area contributed by atoms with Crippen molar-refractivity contribution >= 4 is 5.78 Å². The number of fused-ring (bicyclic) bond motifs is 1. The Morgan fingerprint density at radius 2 is 2.45 bits per heavy atom. The van der Waals surface area contributed by atoms with Gasteiger partial charge >= 0.3 is 0 Å². The fourth-order valence-corrected chi connectivity index (χ4v) is 1.61. The summed E-state index contributed by atoms with van der Waals surface area (Å²) >= 11 is 0. The molecule has 0 unspecified atom stereocenters. The molecule has 1 aliphatic heterocycles. The van der Waals surface area contributed by atoms with Gasteiger partial charge in [-0.3, -0.25) is 4.79 Å². The fourth-order valence-electron chi connectivity index (χ4n) is 1.61. The number of ketones is 1. The van der Waals surface area contributed by atoms with E-state index in [0.717, 1.165) is 18.5 Å². The van der Waals surface area contributed by atoms with Gasteiger partial charge in [0.2, 0.25) is 0 Å². The van der Waals surface area contributed by atoms with Crippen molar-refractivity contribution in [3.63, 3.8) is 0 Å². The van der Waals surface area contributed by atoms with Gasteiger partial charge in [0.1, 0.15) is 0 Å². The van der Waals surface area contributed by atoms with Crippen LogP contribution in [0.2, 0.25) is 0 Å². The van der Waals surface area contributed by atoms with Gasteiger partial charge < -0.3 is 5.32 Å². The number of piperidine rings is 1. The van der Waals surface area contributed by atoms with Crippen LogP contribution in [0.5, 0.6) is 0 Å². The van der Waals surface area contributed by atoms with Crippen molar-refractivity contribution in [1.29, 1.82) is 0 Å². The molecule has 1 fully saturated rings. The molecule has 1 aliphatic carbocycles. The maximum absolute atomic E-state index is 11.3. The molecule has 0 radical (unpaired) electrons. The quantitative estimate of drug-likeness (QED) is 0.552. The summed E-state index contributed by atoms with van der Waals surface area (Å²) in [7, 11) is 0. The second-order valence-electron chi connectivity index (χ2n) is 2.97. The van der Waals surface area contributed by atoms with E-state index in [4.69, 9.17) is 0 Å². The predicted octanol–water partition coefficient (Wildman–Crippen LogP) is 0.804. The smallest absolute Gasteiger partial charge is 0.161 e. The summed E-state index contributed by atoms with van der Waals surface area (Å²) in [6, 6.07) is 0.307. The van der Waals surface area contributed by atoms with Crippen molar-refractivity contribution in [3.8, 4) is 0 Å². The molecular formula is C9H11NO. The molecule has 11 heavy (non-hydrogen) atoms. The van der Waals surface area contributed by atoms with Crippen molar-refractivity contribution in [2.24, 2.45) is 0 Å². The van der Waals surface area contributed by atoms with Crippen LogP contribution in [0.15, 0.2) is 23.8 Å². The number of nitrogens with one attached hydrogen (secondary N) is 1. The Morgan fingerprint density at radius 1 is 1.55 bits per heavy atom. The Bertz CT molecular complexity index is 240. The van der Waals surface area contributed by atoms with Crippen LogP contribution in [0.4, 0.5) is 0 Å². The maximum atomic E-state index is 11.3. The number of Topliss-reactive ketones (excluding diaryl/α,β-unsaturated/α-hetero) is 1. The molecule has 0 aromatic heterocycles. The van der Waals surface area contributed by atoms with Crippen LogP contribution in [-0.4, -0.2) is 18.4 Å². The molecule has 0 aromatic carbocycles. The lowest BCUT2D eigenvalue weighted by Gasteiger charge is -2.26. The minimum absolute atomic E-state index is 0.307. The van der Waals surface area contributed by atoms with E-state index in [2.05, 4.69) is 11.4 Å². The Balaban J connectivity index is 2.27. The van der Waals surface area contributed by atoms with Crippen molar-refractivity contribution < 1.29 is 4.79 Å². The highest BCUT2D eigenvalue weighted by Gasteiger charge is 2.24. The summed E-state index contributed by atoms with van der Waals surface area (Å²) in [6.07, 6.45) is 7.63. The monoisotopic (exact) mass is 149 g/mol. The Kier molecular flexibility index (Phi) is 1.62. The van der Waals surface area contributed by atoms with Crippen LogP contribution in [0.25, 0.3) is 0 Å². The predicted molar refractivity (Wildman–Crippen MR) is 43.3 cm³/mol. The molecule has 0 saturated carbocycles. The van der Waals surface area contributed by atoms with Gasteiger partial charge in [-0.15, -0.1) is 0 Å². The average Bonchev–Trinajstić information content (AvgIpc) is 2.06. The summed E-state index contributed by atoms with van der Waals surface area (Å²) in [5, 5.41) is 3.31. The number of rotatable bonds is 0. The van der Waals surface area contributed by atoms with E-state index in [-0.39, 0.29) is 0 Å². The second kappa shape index (κ2) is 2.62. The molecule has 0 aromatic rings. The van der Waals surface area contributed by atoms with Gasteiger partial charge in [0.05, 0.1) is 0 Å². The molecule has 0 amide bonds. The summed E-state index contributed by atoms with van der Waals surface area (Å²) in [6.45, 7) is 0.842. The van der Waals surface area contributed by atoms with E-state index >= 15 is 0 Å². The van der Waals surface area contributed by atoms with Gasteiger partial charge in [-0.1, -0.05) is 18.2 Å². The van der Waals surface area contributed by atoms with E-state index in [1.54, 1.807) is 0 Å². The third-order valence-electron chi connectivity index (χ3n) is 2.22. The first-order chi connectivity index (χ1) is 5.38. The van der Waals surface area contributed by atoms with E-state index < -0.39 is 0 Å². The Hall–Kier alpha value is -0.890. The highest BCUT2D eigenvalue weighted by atomic mass is 16.1. The largest absolute Gasteiger partial charge is 0.309 e. The topological polar surface area (TPSA) is 29.1 Å². The highest BCUT2D eigenvalue weighted by molar-refractivity contribution is 5.98. The van der Waals surface area contributed by atoms with Crippen LogP contribution in [-0.2, 0) is 4.79 Å². The van der Waals surface area contributed by atoms with Crippen LogP contribution >= 0.6 is 0 Å². The van der Waals surface area contributed by atoms with Gasteiger partial charge in [-0.2, -0.15) is 0 Å². The zero-order valence-corrected chi connectivity index (χ0v) is 6.34. The number of carbonyl (C=O) groups is 1. The third-order valence-corrected chi connectivity index (χ3v) is 2.22. The Morgan fingerprint density at radius 3 is 3.27 bits per heavy atom. The number of hydrogen-bond donors (Lipinski definition) is 1. The van der Waals surface area contributed by atoms with Gasteiger partial charge in [0.25, 0.3) is 0 Å². The molecule has 2 nitrogen and oxygen atoms in total. The SMILES string of the molecule is O=C1CCN[C@H]2CC=CC=C12. The van der Waals surface area contributed by atoms with Crippen molar-refractivity contribution in [3.05, 3.63) is 23.8 Å². The average molecular weight is 149 g/mol. The molecule has 0 spiro atoms. The Labute approximate surface area is 66.0 Å². The van der Waals surface area contributed by atoms with Gasteiger partial charge in [0.15, 0.2) is 5.78 Å². The first-order valence-electron chi connectivity index (χ1n) is 4.01. The molecule has 2 heteroatoms. The molecule has 58 valence electrons. The standard InChI is InChI=1S/C9H11NO/c11-9-5-6-10-8-4-2-1-3-7(8)9/h1-3,8,10H,4-6H2/t8-/m0/s1. The van der Waals surface area contributed by atoms with Gasteiger partial charge in [0, 0.05) is 24.6 Å². The lowest BCUT2D eigenvalue weighted by molar-refractivity contribution is -0.116. The van der Waals surface area contributed by atoms with E-state index in [0.29, 0.717) is 18.2 Å². The van der Waals surface area contributed by atoms with Crippen molar-refractivity contribution in [1.82, 2.24) is 5.32 Å². The van der Waals surface area contributed by atoms with Crippen molar-refractivity contribution in [2.75, 3.05) is 6.54 Å². The first-order valence-corrected chi connectivity index (χ1v) is 4.01. The molecule has 0 bridgehead atoms. The maximum Gasteiger partial charge on any atom is 0.161 e. The third kappa shape index (κ3) is 1.14. The molecule has 1 saturated heterocycles. The summed E-state index contributed by atoms with van der Waals surface area (Å²) < 4.78 is 0. The van der Waals surface area contributed by atoms with Gasteiger partial charge in [-0.25, -0.2) is 0 Å². The van der Waals surface area contributed by atoms with E-state index in [1.165, 1.54) is 0 Å². The zero-order valence-electron chi connectivity index (χ0n) is 6.34. The number of carbonyl (C=O) groups excluding carboxylic acids is 1. The highest BCUT2D eigenvalue weighted by Crippen LogP contribution is 2.18. The second-order valence-corrected chi connectivity index (χ2v) is 2.97. The zero-order chi connectivity index (χ0) is 7.68. The van der Waals surface area contributed by atoms with Crippen molar-refractivity contribution in [2.45, 2.75) is 18.9 Å². The van der Waals surface area contributed by atoms with Crippen LogP contribution < -0.4 is 5.32 Å². The molecule has 2 aliphatic rings. The van der Waals surface area contributed by atoms with E-state index in [9.17, 15) is 4.79 Å². The fraction of sp³-hybridized carbons (Fsp3) is 0.444. The summed E-state index contributed by atoms with van der Waals surface area (Å²) in [5.41, 5.74) is 0.971. The first kappa shape index (κ1) is 6.80. The molecule has 1 heterocycles. The van der Waals surface area contributed by atoms with Crippen LogP contribution in [0.1, 0.15) is 12.8 Å². The molecular weight excluding hydrogens is 138 g/mol. The normalized spacial score (nSPS) is 29.6. The number of hydrogen-bond acceptors (Lipinski definition) is 2. The lowest BCUT2D eigenvalue weighted by Crippen LogP contribution is -2.40. The molecule has 2 rings (SSSR count).